The van der Waals surface area contributed by atoms with Crippen LogP contribution in [0.4, 0.5) is 13.2 Å². The molecular weight excluding hydrogens is 351 g/mol. The highest BCUT2D eigenvalue weighted by molar-refractivity contribution is 7.99. The third-order valence-corrected chi connectivity index (χ3v) is 4.30. The lowest BCUT2D eigenvalue weighted by atomic mass is 10.2. The van der Waals surface area contributed by atoms with Gasteiger partial charge in [0.2, 0.25) is 5.91 Å². The molecule has 134 valence electrons. The van der Waals surface area contributed by atoms with E-state index in [1.165, 1.54) is 35.5 Å². The molecule has 2 rings (SSSR count). The van der Waals surface area contributed by atoms with Crippen molar-refractivity contribution >= 4 is 17.7 Å². The van der Waals surface area contributed by atoms with Gasteiger partial charge in [0.1, 0.15) is 5.75 Å². The third-order valence-electron chi connectivity index (χ3n) is 3.30. The lowest BCUT2D eigenvalue weighted by Crippen LogP contribution is -2.25. The zero-order valence-corrected chi connectivity index (χ0v) is 14.4. The highest BCUT2D eigenvalue weighted by Crippen LogP contribution is 2.26. The summed E-state index contributed by atoms with van der Waals surface area (Å²) in [7, 11) is 0. The van der Waals surface area contributed by atoms with Crippen LogP contribution in [0.5, 0.6) is 5.75 Å². The summed E-state index contributed by atoms with van der Waals surface area (Å²) in [6, 6.07) is 13.8. The van der Waals surface area contributed by atoms with E-state index in [1.807, 2.05) is 31.2 Å². The van der Waals surface area contributed by atoms with Gasteiger partial charge in [0.25, 0.3) is 0 Å². The molecule has 0 bridgehead atoms. The van der Waals surface area contributed by atoms with E-state index in [-0.39, 0.29) is 29.5 Å². The first-order chi connectivity index (χ1) is 11.8. The Kier molecular flexibility index (Phi) is 6.75. The second-order valence-electron chi connectivity index (χ2n) is 5.41. The largest absolute Gasteiger partial charge is 0.573 e. The molecule has 0 aliphatic heterocycles. The van der Waals surface area contributed by atoms with Crippen molar-refractivity contribution in [1.82, 2.24) is 5.32 Å². The quantitative estimate of drug-likeness (QED) is 0.784. The van der Waals surface area contributed by atoms with E-state index in [0.717, 1.165) is 5.56 Å². The van der Waals surface area contributed by atoms with Crippen LogP contribution in [0.15, 0.2) is 48.5 Å². The molecule has 0 radical (unpaired) electrons. The number of carbonyl (C=O) groups is 1. The number of carbonyl (C=O) groups excluding carboxylic acids is 1. The zero-order chi connectivity index (χ0) is 18.3. The summed E-state index contributed by atoms with van der Waals surface area (Å²) in [6.45, 7) is 1.99. The second-order valence-corrected chi connectivity index (χ2v) is 6.40. The minimum atomic E-state index is -4.76. The number of hydrogen-bond donors (Lipinski definition) is 1. The Morgan fingerprint density at radius 2 is 1.80 bits per heavy atom. The van der Waals surface area contributed by atoms with Gasteiger partial charge in [-0.15, -0.1) is 24.9 Å². The van der Waals surface area contributed by atoms with Gasteiger partial charge in [-0.25, -0.2) is 0 Å². The van der Waals surface area contributed by atoms with Crippen LogP contribution >= 0.6 is 11.8 Å². The standard InChI is InChI=1S/C18H18F3NO2S/c1-13-6-8-14(9-7-13)11-25-12-17(23)22-10-15-4-2-3-5-16(15)24-18(19,20)21/h2-9H,10-12H2,1H3,(H,22,23). The molecule has 3 nitrogen and oxygen atoms in total. The van der Waals surface area contributed by atoms with Gasteiger partial charge >= 0.3 is 6.36 Å². The molecule has 0 aromatic heterocycles. The summed E-state index contributed by atoms with van der Waals surface area (Å²) >= 11 is 1.45. The van der Waals surface area contributed by atoms with Crippen molar-refractivity contribution in [3.8, 4) is 5.75 Å². The van der Waals surface area contributed by atoms with Crippen molar-refractivity contribution in [2.75, 3.05) is 5.75 Å². The van der Waals surface area contributed by atoms with E-state index in [2.05, 4.69) is 10.1 Å². The number of amides is 1. The number of benzene rings is 2. The van der Waals surface area contributed by atoms with Gasteiger partial charge in [-0.2, -0.15) is 0 Å². The Balaban J connectivity index is 1.79. The molecule has 0 spiro atoms. The maximum Gasteiger partial charge on any atom is 0.573 e. The lowest BCUT2D eigenvalue weighted by Gasteiger charge is -2.13. The van der Waals surface area contributed by atoms with Crippen molar-refractivity contribution in [3.63, 3.8) is 0 Å². The van der Waals surface area contributed by atoms with Gasteiger partial charge < -0.3 is 10.1 Å². The van der Waals surface area contributed by atoms with Crippen LogP contribution in [0.1, 0.15) is 16.7 Å². The maximum absolute atomic E-state index is 12.4. The van der Waals surface area contributed by atoms with E-state index >= 15 is 0 Å². The molecule has 0 atom stereocenters. The van der Waals surface area contributed by atoms with Gasteiger partial charge in [0.15, 0.2) is 0 Å². The molecular formula is C18H18F3NO2S. The molecule has 0 saturated carbocycles. The molecule has 2 aromatic carbocycles. The average Bonchev–Trinajstić information content (AvgIpc) is 2.54. The average molecular weight is 369 g/mol. The van der Waals surface area contributed by atoms with E-state index in [1.54, 1.807) is 6.07 Å². The fraction of sp³-hybridized carbons (Fsp3) is 0.278. The molecule has 7 heteroatoms. The second kappa shape index (κ2) is 8.80. The third kappa shape index (κ3) is 7.09. The first-order valence-electron chi connectivity index (χ1n) is 7.57. The summed E-state index contributed by atoms with van der Waals surface area (Å²) in [5.41, 5.74) is 2.57. The number of nitrogens with one attached hydrogen (secondary N) is 1. The molecule has 0 saturated heterocycles. The molecule has 25 heavy (non-hydrogen) atoms. The van der Waals surface area contributed by atoms with Crippen LogP contribution in [0.25, 0.3) is 0 Å². The molecule has 0 aliphatic carbocycles. The molecule has 2 aromatic rings. The topological polar surface area (TPSA) is 38.3 Å². The van der Waals surface area contributed by atoms with Crippen LogP contribution in [-0.2, 0) is 17.1 Å². The lowest BCUT2D eigenvalue weighted by molar-refractivity contribution is -0.274. The number of alkyl halides is 3. The van der Waals surface area contributed by atoms with Crippen LogP contribution in [0.3, 0.4) is 0 Å². The van der Waals surface area contributed by atoms with Gasteiger partial charge in [-0.1, -0.05) is 48.0 Å². The number of halogens is 3. The van der Waals surface area contributed by atoms with E-state index in [0.29, 0.717) is 5.75 Å². The smallest absolute Gasteiger partial charge is 0.405 e. The molecule has 0 aliphatic rings. The Hall–Kier alpha value is -2.15. The summed E-state index contributed by atoms with van der Waals surface area (Å²) in [5, 5.41) is 2.61. The molecule has 1 amide bonds. The van der Waals surface area contributed by atoms with Crippen LogP contribution in [-0.4, -0.2) is 18.0 Å². The molecule has 0 fully saturated rings. The predicted molar refractivity (Wildman–Crippen MR) is 92.3 cm³/mol. The van der Waals surface area contributed by atoms with Gasteiger partial charge in [0.05, 0.1) is 5.75 Å². The first-order valence-corrected chi connectivity index (χ1v) is 8.72. The number of ether oxygens (including phenoxy) is 1. The maximum atomic E-state index is 12.4. The van der Waals surface area contributed by atoms with E-state index in [4.69, 9.17) is 0 Å². The number of hydrogen-bond acceptors (Lipinski definition) is 3. The van der Waals surface area contributed by atoms with Crippen LogP contribution in [0, 0.1) is 6.92 Å². The number of rotatable bonds is 7. The monoisotopic (exact) mass is 369 g/mol. The van der Waals surface area contributed by atoms with Crippen molar-refractivity contribution < 1.29 is 22.7 Å². The molecule has 0 heterocycles. The SMILES string of the molecule is Cc1ccc(CSCC(=O)NCc2ccccc2OC(F)(F)F)cc1. The molecule has 1 N–H and O–H groups in total. The Labute approximate surface area is 148 Å². The normalized spacial score (nSPS) is 11.2. The minimum absolute atomic E-state index is 0.0177. The summed E-state index contributed by atoms with van der Waals surface area (Å²) in [6.07, 6.45) is -4.76. The fourth-order valence-corrected chi connectivity index (χ4v) is 2.88. The fourth-order valence-electron chi connectivity index (χ4n) is 2.06. The highest BCUT2D eigenvalue weighted by atomic mass is 32.2. The Bertz CT molecular complexity index is 702. The van der Waals surface area contributed by atoms with Gasteiger partial charge in [-0.05, 0) is 18.6 Å². The molecule has 0 unspecified atom stereocenters. The predicted octanol–water partition coefficient (Wildman–Crippen LogP) is 4.44. The van der Waals surface area contributed by atoms with E-state index in [9.17, 15) is 18.0 Å². The minimum Gasteiger partial charge on any atom is -0.405 e. The van der Waals surface area contributed by atoms with Crippen LogP contribution < -0.4 is 10.1 Å². The Morgan fingerprint density at radius 3 is 2.48 bits per heavy atom. The number of thioether (sulfide) groups is 1. The summed E-state index contributed by atoms with van der Waals surface area (Å²) in [4.78, 5) is 11.9. The van der Waals surface area contributed by atoms with Crippen molar-refractivity contribution in [2.45, 2.75) is 25.6 Å². The first kappa shape index (κ1) is 19.2. The van der Waals surface area contributed by atoms with Crippen LogP contribution in [0.2, 0.25) is 0 Å². The van der Waals surface area contributed by atoms with Gasteiger partial charge in [-0.3, -0.25) is 4.79 Å². The van der Waals surface area contributed by atoms with Crippen molar-refractivity contribution in [1.29, 1.82) is 0 Å². The summed E-state index contributed by atoms with van der Waals surface area (Å²) < 4.78 is 41.0. The van der Waals surface area contributed by atoms with Crippen molar-refractivity contribution in [2.24, 2.45) is 0 Å². The summed E-state index contributed by atoms with van der Waals surface area (Å²) in [5.74, 6) is 0.388. The van der Waals surface area contributed by atoms with E-state index < -0.39 is 6.36 Å². The Morgan fingerprint density at radius 1 is 1.12 bits per heavy atom. The number of aryl methyl sites for hydroxylation is 1. The zero-order valence-electron chi connectivity index (χ0n) is 13.6. The van der Waals surface area contributed by atoms with Gasteiger partial charge in [0, 0.05) is 17.9 Å². The number of para-hydroxylation sites is 1. The highest BCUT2D eigenvalue weighted by Gasteiger charge is 2.31. The van der Waals surface area contributed by atoms with Crippen molar-refractivity contribution in [3.05, 3.63) is 65.2 Å².